The lowest BCUT2D eigenvalue weighted by Gasteiger charge is -2.30. The van der Waals surface area contributed by atoms with Crippen molar-refractivity contribution in [2.24, 2.45) is 11.7 Å². The van der Waals surface area contributed by atoms with Crippen LogP contribution in [0.25, 0.3) is 0 Å². The molecule has 0 saturated carbocycles. The number of nitrogens with one attached hydrogen (secondary N) is 2. The normalized spacial score (nSPS) is 20.8. The van der Waals surface area contributed by atoms with Crippen LogP contribution in [0.5, 0.6) is 0 Å². The minimum Gasteiger partial charge on any atom is -0.388 e. The summed E-state index contributed by atoms with van der Waals surface area (Å²) in [4.78, 5) is 0. The van der Waals surface area contributed by atoms with Crippen LogP contribution in [0.3, 0.4) is 0 Å². The molecule has 4 N–H and O–H groups in total. The zero-order chi connectivity index (χ0) is 13.8. The predicted molar refractivity (Wildman–Crippen MR) is 72.6 cm³/mol. The molecule has 1 atom stereocenters. The number of nitrogens with zero attached hydrogens (tertiary/aromatic N) is 1. The van der Waals surface area contributed by atoms with E-state index in [9.17, 15) is 8.42 Å². The van der Waals surface area contributed by atoms with Crippen LogP contribution in [0, 0.1) is 11.3 Å². The lowest BCUT2D eigenvalue weighted by atomic mass is 10.0. The molecule has 1 heterocycles. The summed E-state index contributed by atoms with van der Waals surface area (Å²) >= 11 is 0. The van der Waals surface area contributed by atoms with Gasteiger partial charge in [0.2, 0.25) is 0 Å². The Hall–Kier alpha value is -0.660. The molecule has 6 nitrogen and oxygen atoms in total. The zero-order valence-corrected chi connectivity index (χ0v) is 12.0. The smallest absolute Gasteiger partial charge is 0.279 e. The molecule has 1 aliphatic rings. The van der Waals surface area contributed by atoms with Gasteiger partial charge in [-0.2, -0.15) is 17.4 Å². The fraction of sp³-hybridized carbons (Fsp3) is 0.909. The van der Waals surface area contributed by atoms with Crippen molar-refractivity contribution in [1.82, 2.24) is 9.03 Å². The molecule has 1 saturated heterocycles. The number of amidine groups is 1. The molecule has 106 valence electrons. The standard InChI is InChI=1S/C11H24N4O2S/c1-3-10(8-11(12)13)14-18(16,17)15-6-4-9(2)5-7-15/h9-10,14H,3-8H2,1-2H3,(H3,12,13). The summed E-state index contributed by atoms with van der Waals surface area (Å²) in [6.45, 7) is 5.18. The number of hydrogen-bond donors (Lipinski definition) is 3. The molecule has 7 heteroatoms. The maximum absolute atomic E-state index is 12.1. The van der Waals surface area contributed by atoms with Gasteiger partial charge in [0, 0.05) is 25.6 Å². The van der Waals surface area contributed by atoms with E-state index in [-0.39, 0.29) is 18.3 Å². The van der Waals surface area contributed by atoms with E-state index in [1.54, 1.807) is 0 Å². The minimum atomic E-state index is -3.43. The van der Waals surface area contributed by atoms with E-state index in [2.05, 4.69) is 11.6 Å². The SMILES string of the molecule is CCC(CC(=N)N)NS(=O)(=O)N1CCC(C)CC1. The highest BCUT2D eigenvalue weighted by Gasteiger charge is 2.28. The van der Waals surface area contributed by atoms with Gasteiger partial charge in [-0.3, -0.25) is 5.41 Å². The van der Waals surface area contributed by atoms with Crippen molar-refractivity contribution in [3.63, 3.8) is 0 Å². The van der Waals surface area contributed by atoms with E-state index in [0.29, 0.717) is 25.4 Å². The van der Waals surface area contributed by atoms with Crippen molar-refractivity contribution in [2.45, 2.75) is 45.6 Å². The van der Waals surface area contributed by atoms with Gasteiger partial charge in [0.1, 0.15) is 0 Å². The monoisotopic (exact) mass is 276 g/mol. The molecule has 1 fully saturated rings. The van der Waals surface area contributed by atoms with Gasteiger partial charge in [0.05, 0.1) is 5.84 Å². The summed E-state index contributed by atoms with van der Waals surface area (Å²) in [5, 5.41) is 7.24. The average molecular weight is 276 g/mol. The number of piperidine rings is 1. The Kier molecular flexibility index (Phi) is 5.55. The highest BCUT2D eigenvalue weighted by molar-refractivity contribution is 7.87. The van der Waals surface area contributed by atoms with Crippen LogP contribution in [-0.4, -0.2) is 37.7 Å². The molecular formula is C11H24N4O2S. The molecule has 18 heavy (non-hydrogen) atoms. The fourth-order valence-electron chi connectivity index (χ4n) is 2.05. The zero-order valence-electron chi connectivity index (χ0n) is 11.1. The average Bonchev–Trinajstić information content (AvgIpc) is 2.27. The summed E-state index contributed by atoms with van der Waals surface area (Å²) in [6.07, 6.45) is 2.71. The molecule has 0 spiro atoms. The topological polar surface area (TPSA) is 99.3 Å². The Morgan fingerprint density at radius 2 is 2.06 bits per heavy atom. The van der Waals surface area contributed by atoms with Gasteiger partial charge in [0.15, 0.2) is 0 Å². The van der Waals surface area contributed by atoms with Crippen molar-refractivity contribution < 1.29 is 8.42 Å². The van der Waals surface area contributed by atoms with Crippen molar-refractivity contribution >= 4 is 16.0 Å². The minimum absolute atomic E-state index is 0.0109. The van der Waals surface area contributed by atoms with Crippen molar-refractivity contribution in [3.8, 4) is 0 Å². The van der Waals surface area contributed by atoms with Crippen LogP contribution in [0.15, 0.2) is 0 Å². The van der Waals surface area contributed by atoms with Gasteiger partial charge in [-0.25, -0.2) is 0 Å². The molecule has 0 aromatic heterocycles. The number of hydrogen-bond acceptors (Lipinski definition) is 3. The Labute approximate surface area is 110 Å². The van der Waals surface area contributed by atoms with Crippen molar-refractivity contribution in [2.75, 3.05) is 13.1 Å². The van der Waals surface area contributed by atoms with Crippen LogP contribution in [0.4, 0.5) is 0 Å². The second-order valence-corrected chi connectivity index (χ2v) is 6.74. The van der Waals surface area contributed by atoms with Gasteiger partial charge in [0.25, 0.3) is 10.2 Å². The summed E-state index contributed by atoms with van der Waals surface area (Å²) in [5.41, 5.74) is 5.32. The first-order chi connectivity index (χ1) is 8.35. The lowest BCUT2D eigenvalue weighted by Crippen LogP contribution is -2.48. The first kappa shape index (κ1) is 15.4. The van der Waals surface area contributed by atoms with Crippen LogP contribution < -0.4 is 10.5 Å². The summed E-state index contributed by atoms with van der Waals surface area (Å²) in [6, 6.07) is -0.285. The maximum Gasteiger partial charge on any atom is 0.279 e. The van der Waals surface area contributed by atoms with E-state index >= 15 is 0 Å². The predicted octanol–water partition coefficient (Wildman–Crippen LogP) is 0.657. The van der Waals surface area contributed by atoms with Crippen LogP contribution in [0.1, 0.15) is 39.5 Å². The molecule has 0 amide bonds. The Balaban J connectivity index is 2.60. The van der Waals surface area contributed by atoms with Crippen LogP contribution >= 0.6 is 0 Å². The molecule has 1 aliphatic heterocycles. The molecule has 0 aromatic carbocycles. The van der Waals surface area contributed by atoms with Gasteiger partial charge in [-0.1, -0.05) is 13.8 Å². The van der Waals surface area contributed by atoms with Gasteiger partial charge in [-0.05, 0) is 25.2 Å². The summed E-state index contributed by atoms with van der Waals surface area (Å²) in [7, 11) is -3.43. The molecular weight excluding hydrogens is 252 g/mol. The van der Waals surface area contributed by atoms with E-state index in [4.69, 9.17) is 11.1 Å². The van der Waals surface area contributed by atoms with Gasteiger partial charge >= 0.3 is 0 Å². The van der Waals surface area contributed by atoms with E-state index in [0.717, 1.165) is 12.8 Å². The van der Waals surface area contributed by atoms with E-state index in [1.807, 2.05) is 6.92 Å². The molecule has 0 aliphatic carbocycles. The van der Waals surface area contributed by atoms with Gasteiger partial charge in [-0.15, -0.1) is 0 Å². The largest absolute Gasteiger partial charge is 0.388 e. The fourth-order valence-corrected chi connectivity index (χ4v) is 3.56. The highest BCUT2D eigenvalue weighted by Crippen LogP contribution is 2.18. The summed E-state index contributed by atoms with van der Waals surface area (Å²) in [5.74, 6) is 0.604. The lowest BCUT2D eigenvalue weighted by molar-refractivity contribution is 0.283. The van der Waals surface area contributed by atoms with E-state index in [1.165, 1.54) is 4.31 Å². The summed E-state index contributed by atoms with van der Waals surface area (Å²) < 4.78 is 28.4. The Morgan fingerprint density at radius 3 is 2.50 bits per heavy atom. The first-order valence-corrected chi connectivity index (χ1v) is 7.89. The molecule has 0 radical (unpaired) electrons. The third-order valence-electron chi connectivity index (χ3n) is 3.36. The Morgan fingerprint density at radius 1 is 1.50 bits per heavy atom. The Bertz CT molecular complexity index is 375. The molecule has 0 aromatic rings. The second kappa shape index (κ2) is 6.49. The van der Waals surface area contributed by atoms with Crippen molar-refractivity contribution in [1.29, 1.82) is 5.41 Å². The van der Waals surface area contributed by atoms with Gasteiger partial charge < -0.3 is 5.73 Å². The highest BCUT2D eigenvalue weighted by atomic mass is 32.2. The molecule has 0 bridgehead atoms. The van der Waals surface area contributed by atoms with Crippen molar-refractivity contribution in [3.05, 3.63) is 0 Å². The molecule has 1 rings (SSSR count). The number of rotatable bonds is 6. The van der Waals surface area contributed by atoms with E-state index < -0.39 is 10.2 Å². The second-order valence-electron chi connectivity index (χ2n) is 5.04. The molecule has 1 unspecified atom stereocenters. The number of nitrogens with two attached hydrogens (primary N) is 1. The quantitative estimate of drug-likeness (QED) is 0.491. The third-order valence-corrected chi connectivity index (χ3v) is 5.03. The third kappa shape index (κ3) is 4.55. The maximum atomic E-state index is 12.1. The van der Waals surface area contributed by atoms with Crippen LogP contribution in [-0.2, 0) is 10.2 Å². The first-order valence-electron chi connectivity index (χ1n) is 6.45. The van der Waals surface area contributed by atoms with Crippen LogP contribution in [0.2, 0.25) is 0 Å².